The van der Waals surface area contributed by atoms with Gasteiger partial charge < -0.3 is 19.9 Å². The molecule has 0 atom stereocenters. The maximum absolute atomic E-state index is 11.2. The summed E-state index contributed by atoms with van der Waals surface area (Å²) in [5, 5.41) is 25.6. The molecule has 0 fully saturated rings. The van der Waals surface area contributed by atoms with Gasteiger partial charge in [0.25, 0.3) is 5.69 Å². The van der Waals surface area contributed by atoms with Gasteiger partial charge in [-0.25, -0.2) is 4.98 Å². The fraction of sp³-hybridized carbons (Fsp3) is 0.308. The Morgan fingerprint density at radius 1 is 1.36 bits per heavy atom. The molecule has 2 N–H and O–H groups in total. The van der Waals surface area contributed by atoms with Crippen molar-refractivity contribution in [3.05, 3.63) is 38.3 Å². The lowest BCUT2D eigenvalue weighted by molar-refractivity contribution is -0.384. The number of benzene rings is 1. The Bertz CT molecular complexity index is 674. The van der Waals surface area contributed by atoms with Crippen molar-refractivity contribution in [2.75, 3.05) is 19.5 Å². The lowest BCUT2D eigenvalue weighted by Gasteiger charge is -2.11. The highest BCUT2D eigenvalue weighted by atomic mass is 32.1. The average Bonchev–Trinajstić information content (AvgIpc) is 2.99. The van der Waals surface area contributed by atoms with Crippen LogP contribution in [0, 0.1) is 10.1 Å². The molecule has 0 saturated carbocycles. The topological polar surface area (TPSA) is 107 Å². The molecular weight excluding hydrogens is 310 g/mol. The summed E-state index contributed by atoms with van der Waals surface area (Å²) in [7, 11) is 2.88. The molecule has 0 spiro atoms. The van der Waals surface area contributed by atoms with Gasteiger partial charge in [0.15, 0.2) is 11.5 Å². The van der Waals surface area contributed by atoms with Crippen molar-refractivity contribution in [1.82, 2.24) is 4.98 Å². The van der Waals surface area contributed by atoms with Crippen LogP contribution in [0.25, 0.3) is 0 Å². The van der Waals surface area contributed by atoms with Crippen molar-refractivity contribution >= 4 is 22.7 Å². The number of nitro benzene ring substituents is 1. The summed E-state index contributed by atoms with van der Waals surface area (Å²) in [6.07, 6.45) is 0. The van der Waals surface area contributed by atoms with Gasteiger partial charge >= 0.3 is 0 Å². The molecule has 0 radical (unpaired) electrons. The van der Waals surface area contributed by atoms with E-state index in [0.717, 1.165) is 0 Å². The van der Waals surface area contributed by atoms with E-state index in [1.54, 1.807) is 5.38 Å². The molecule has 0 aliphatic heterocycles. The molecule has 2 rings (SSSR count). The summed E-state index contributed by atoms with van der Waals surface area (Å²) in [4.78, 5) is 14.9. The molecule has 0 aliphatic rings. The molecule has 0 unspecified atom stereocenters. The van der Waals surface area contributed by atoms with Crippen molar-refractivity contribution in [2.45, 2.75) is 13.2 Å². The molecule has 0 bridgehead atoms. The lowest BCUT2D eigenvalue weighted by atomic mass is 10.2. The van der Waals surface area contributed by atoms with E-state index < -0.39 is 4.92 Å². The SMILES string of the molecule is COc1cc(NCc2nc(CO)cs2)c([N+](=O)[O-])cc1OC. The number of ether oxygens (including phenoxy) is 2. The van der Waals surface area contributed by atoms with E-state index in [2.05, 4.69) is 10.3 Å². The van der Waals surface area contributed by atoms with Crippen LogP contribution in [-0.4, -0.2) is 29.2 Å². The molecule has 22 heavy (non-hydrogen) atoms. The van der Waals surface area contributed by atoms with Crippen molar-refractivity contribution in [3.8, 4) is 11.5 Å². The van der Waals surface area contributed by atoms with Crippen LogP contribution in [0.1, 0.15) is 10.7 Å². The van der Waals surface area contributed by atoms with E-state index in [9.17, 15) is 10.1 Å². The van der Waals surface area contributed by atoms with E-state index in [1.165, 1.54) is 37.7 Å². The van der Waals surface area contributed by atoms with Crippen molar-refractivity contribution in [3.63, 3.8) is 0 Å². The first-order chi connectivity index (χ1) is 10.6. The molecule has 0 amide bonds. The van der Waals surface area contributed by atoms with E-state index >= 15 is 0 Å². The first kappa shape index (κ1) is 16.0. The predicted octanol–water partition coefficient (Wildman–Crippen LogP) is 2.17. The normalized spacial score (nSPS) is 10.3. The molecule has 1 aromatic carbocycles. The third kappa shape index (κ3) is 3.43. The number of nitrogens with one attached hydrogen (secondary N) is 1. The van der Waals surface area contributed by atoms with E-state index in [1.807, 2.05) is 0 Å². The summed E-state index contributed by atoms with van der Waals surface area (Å²) in [5.74, 6) is 0.683. The Hall–Kier alpha value is -2.39. The number of methoxy groups -OCH3 is 2. The molecule has 118 valence electrons. The maximum Gasteiger partial charge on any atom is 0.296 e. The van der Waals surface area contributed by atoms with Crippen LogP contribution in [0.15, 0.2) is 17.5 Å². The molecule has 9 heteroatoms. The quantitative estimate of drug-likeness (QED) is 0.593. The van der Waals surface area contributed by atoms with E-state index in [0.29, 0.717) is 28.7 Å². The molecule has 2 aromatic rings. The summed E-state index contributed by atoms with van der Waals surface area (Å²) in [6.45, 7) is 0.175. The Morgan fingerprint density at radius 2 is 2.05 bits per heavy atom. The second kappa shape index (κ2) is 7.05. The number of hydrogen-bond acceptors (Lipinski definition) is 8. The largest absolute Gasteiger partial charge is 0.493 e. The highest BCUT2D eigenvalue weighted by Crippen LogP contribution is 2.37. The van der Waals surface area contributed by atoms with Crippen LogP contribution in [0.3, 0.4) is 0 Å². The van der Waals surface area contributed by atoms with Crippen LogP contribution in [0.5, 0.6) is 11.5 Å². The van der Waals surface area contributed by atoms with Crippen molar-refractivity contribution in [2.24, 2.45) is 0 Å². The zero-order valence-corrected chi connectivity index (χ0v) is 12.8. The van der Waals surface area contributed by atoms with Gasteiger partial charge in [-0.2, -0.15) is 0 Å². The maximum atomic E-state index is 11.2. The first-order valence-electron chi connectivity index (χ1n) is 6.27. The zero-order chi connectivity index (χ0) is 16.1. The summed E-state index contributed by atoms with van der Waals surface area (Å²) in [6, 6.07) is 2.82. The number of aliphatic hydroxyl groups is 1. The van der Waals surface area contributed by atoms with Crippen molar-refractivity contribution in [1.29, 1.82) is 0 Å². The third-order valence-electron chi connectivity index (χ3n) is 2.89. The van der Waals surface area contributed by atoms with Gasteiger partial charge in [0.05, 0.1) is 44.1 Å². The van der Waals surface area contributed by atoms with Crippen LogP contribution < -0.4 is 14.8 Å². The fourth-order valence-electron chi connectivity index (χ4n) is 1.83. The summed E-state index contributed by atoms with van der Waals surface area (Å²) in [5.41, 5.74) is 0.767. The Morgan fingerprint density at radius 3 is 2.59 bits per heavy atom. The second-order valence-electron chi connectivity index (χ2n) is 4.23. The standard InChI is InChI=1S/C13H15N3O5S/c1-20-11-3-9(10(16(18)19)4-12(11)21-2)14-5-13-15-8(6-17)7-22-13/h3-4,7,14,17H,5-6H2,1-2H3. The van der Waals surface area contributed by atoms with E-state index in [-0.39, 0.29) is 18.0 Å². The molecule has 1 heterocycles. The van der Waals surface area contributed by atoms with Crippen molar-refractivity contribution < 1.29 is 19.5 Å². The van der Waals surface area contributed by atoms with Gasteiger partial charge in [-0.15, -0.1) is 11.3 Å². The van der Waals surface area contributed by atoms with Gasteiger partial charge in [-0.05, 0) is 0 Å². The lowest BCUT2D eigenvalue weighted by Crippen LogP contribution is -2.04. The smallest absolute Gasteiger partial charge is 0.296 e. The minimum Gasteiger partial charge on any atom is -0.493 e. The number of nitrogens with zero attached hydrogens (tertiary/aromatic N) is 2. The number of aliphatic hydroxyl groups excluding tert-OH is 1. The number of hydrogen-bond donors (Lipinski definition) is 2. The average molecular weight is 325 g/mol. The van der Waals surface area contributed by atoms with Gasteiger partial charge in [0.2, 0.25) is 0 Å². The summed E-state index contributed by atoms with van der Waals surface area (Å²) >= 11 is 1.37. The van der Waals surface area contributed by atoms with Crippen LogP contribution in [0.2, 0.25) is 0 Å². The predicted molar refractivity (Wildman–Crippen MR) is 81.6 cm³/mol. The molecule has 1 aromatic heterocycles. The second-order valence-corrected chi connectivity index (χ2v) is 5.17. The fourth-order valence-corrected chi connectivity index (χ4v) is 2.56. The minimum absolute atomic E-state index is 0.114. The molecule has 0 saturated heterocycles. The number of aromatic nitrogens is 1. The van der Waals surface area contributed by atoms with Crippen LogP contribution in [0.4, 0.5) is 11.4 Å². The van der Waals surface area contributed by atoms with Gasteiger partial charge in [0, 0.05) is 11.4 Å². The van der Waals surface area contributed by atoms with Gasteiger partial charge in [-0.1, -0.05) is 0 Å². The Balaban J connectivity index is 2.26. The number of rotatable bonds is 7. The number of nitro groups is 1. The van der Waals surface area contributed by atoms with Gasteiger partial charge in [0.1, 0.15) is 10.7 Å². The third-order valence-corrected chi connectivity index (χ3v) is 3.79. The molecular formula is C13H15N3O5S. The highest BCUT2D eigenvalue weighted by Gasteiger charge is 2.19. The minimum atomic E-state index is -0.495. The monoisotopic (exact) mass is 325 g/mol. The van der Waals surface area contributed by atoms with Crippen LogP contribution >= 0.6 is 11.3 Å². The number of anilines is 1. The molecule has 8 nitrogen and oxygen atoms in total. The highest BCUT2D eigenvalue weighted by molar-refractivity contribution is 7.09. The molecule has 0 aliphatic carbocycles. The Labute approximate surface area is 130 Å². The Kier molecular flexibility index (Phi) is 5.12. The van der Waals surface area contributed by atoms with Crippen LogP contribution in [-0.2, 0) is 13.2 Å². The van der Waals surface area contributed by atoms with Gasteiger partial charge in [-0.3, -0.25) is 10.1 Å². The van der Waals surface area contributed by atoms with E-state index in [4.69, 9.17) is 14.6 Å². The first-order valence-corrected chi connectivity index (χ1v) is 7.15. The number of thiazole rings is 1. The summed E-state index contributed by atoms with van der Waals surface area (Å²) < 4.78 is 10.2. The zero-order valence-electron chi connectivity index (χ0n) is 12.0.